The van der Waals surface area contributed by atoms with Crippen LogP contribution in [0.25, 0.3) is 16.7 Å². The van der Waals surface area contributed by atoms with Gasteiger partial charge in [0.15, 0.2) is 5.82 Å². The van der Waals surface area contributed by atoms with Crippen molar-refractivity contribution in [3.63, 3.8) is 0 Å². The Hall–Kier alpha value is -2.80. The Morgan fingerprint density at radius 2 is 1.88 bits per heavy atom. The van der Waals surface area contributed by atoms with E-state index in [1.54, 1.807) is 0 Å². The van der Waals surface area contributed by atoms with E-state index >= 15 is 0 Å². The second-order valence-corrected chi connectivity index (χ2v) is 6.83. The van der Waals surface area contributed by atoms with Crippen LogP contribution in [0.4, 0.5) is 10.9 Å². The summed E-state index contributed by atoms with van der Waals surface area (Å²) in [6.45, 7) is 5.98. The highest BCUT2D eigenvalue weighted by atomic mass is 32.1. The van der Waals surface area contributed by atoms with Crippen molar-refractivity contribution in [2.75, 3.05) is 5.32 Å². The molecule has 0 saturated heterocycles. The van der Waals surface area contributed by atoms with E-state index in [1.807, 2.05) is 48.9 Å². The van der Waals surface area contributed by atoms with Crippen LogP contribution in [0, 0.1) is 20.8 Å². The van der Waals surface area contributed by atoms with Gasteiger partial charge in [0.25, 0.3) is 0 Å². The molecule has 3 aromatic heterocycles. The van der Waals surface area contributed by atoms with Crippen LogP contribution in [0.5, 0.6) is 0 Å². The summed E-state index contributed by atoms with van der Waals surface area (Å²) >= 11 is 1.51. The Labute approximate surface area is 143 Å². The summed E-state index contributed by atoms with van der Waals surface area (Å²) in [7, 11) is 0. The van der Waals surface area contributed by atoms with Crippen molar-refractivity contribution in [3.8, 4) is 5.82 Å². The molecule has 0 aliphatic heterocycles. The van der Waals surface area contributed by atoms with Crippen LogP contribution >= 0.6 is 11.3 Å². The van der Waals surface area contributed by atoms with Gasteiger partial charge in [-0.25, -0.2) is 4.98 Å². The molecule has 6 nitrogen and oxygen atoms in total. The summed E-state index contributed by atoms with van der Waals surface area (Å²) in [6.07, 6.45) is 0. The average molecular weight is 336 g/mol. The van der Waals surface area contributed by atoms with Crippen LogP contribution in [0.2, 0.25) is 0 Å². The molecule has 7 heteroatoms. The molecule has 4 rings (SSSR count). The number of fused-ring (bicyclic) bond motifs is 1. The van der Waals surface area contributed by atoms with E-state index < -0.39 is 0 Å². The first kappa shape index (κ1) is 14.8. The number of hydrogen-bond acceptors (Lipinski definition) is 6. The Balaban J connectivity index is 1.82. The lowest BCUT2D eigenvalue weighted by molar-refractivity contribution is 0.842. The standard InChI is InChI=1S/C17H16N6S/c1-10-8-15(18-14-7-5-4-6-13(10)14)23-16(9-11(2)22-23)19-17-21-20-12(3)24-17/h4-9H,1-3H3,(H,19,21). The summed E-state index contributed by atoms with van der Waals surface area (Å²) in [5, 5.41) is 18.8. The molecule has 0 bridgehead atoms. The van der Waals surface area contributed by atoms with Crippen molar-refractivity contribution < 1.29 is 0 Å². The minimum absolute atomic E-state index is 0.742. The van der Waals surface area contributed by atoms with E-state index in [2.05, 4.69) is 33.6 Å². The highest BCUT2D eigenvalue weighted by Crippen LogP contribution is 2.25. The van der Waals surface area contributed by atoms with Crippen LogP contribution in [0.15, 0.2) is 36.4 Å². The van der Waals surface area contributed by atoms with E-state index in [-0.39, 0.29) is 0 Å². The monoisotopic (exact) mass is 336 g/mol. The SMILES string of the molecule is Cc1cc(Nc2nnc(C)s2)n(-c2cc(C)c3ccccc3n2)n1. The zero-order valence-corrected chi connectivity index (χ0v) is 14.4. The normalized spacial score (nSPS) is 11.1. The van der Waals surface area contributed by atoms with E-state index in [9.17, 15) is 0 Å². The van der Waals surface area contributed by atoms with Crippen LogP contribution in [0.1, 0.15) is 16.3 Å². The summed E-state index contributed by atoms with van der Waals surface area (Å²) in [6, 6.07) is 12.1. The van der Waals surface area contributed by atoms with Crippen LogP contribution in [-0.2, 0) is 0 Å². The Kier molecular flexibility index (Phi) is 3.50. The Bertz CT molecular complexity index is 1030. The first-order valence-corrected chi connectivity index (χ1v) is 8.42. The molecule has 0 fully saturated rings. The molecule has 120 valence electrons. The van der Waals surface area contributed by atoms with Crippen LogP contribution < -0.4 is 5.32 Å². The largest absolute Gasteiger partial charge is 0.315 e. The Morgan fingerprint density at radius 1 is 1.04 bits per heavy atom. The molecule has 0 aliphatic rings. The molecule has 1 N–H and O–H groups in total. The molecule has 0 unspecified atom stereocenters. The van der Waals surface area contributed by atoms with E-state index in [4.69, 9.17) is 4.98 Å². The zero-order valence-electron chi connectivity index (χ0n) is 13.6. The number of hydrogen-bond donors (Lipinski definition) is 1. The number of benzene rings is 1. The first-order chi connectivity index (χ1) is 11.6. The summed E-state index contributed by atoms with van der Waals surface area (Å²) in [5.41, 5.74) is 3.03. The van der Waals surface area contributed by atoms with Gasteiger partial charge in [0.1, 0.15) is 10.8 Å². The van der Waals surface area contributed by atoms with Crippen molar-refractivity contribution in [2.24, 2.45) is 0 Å². The van der Waals surface area contributed by atoms with Gasteiger partial charge in [0.2, 0.25) is 5.13 Å². The maximum Gasteiger partial charge on any atom is 0.211 e. The van der Waals surface area contributed by atoms with Crippen molar-refractivity contribution in [1.82, 2.24) is 25.0 Å². The number of pyridine rings is 1. The maximum atomic E-state index is 4.75. The third-order valence-electron chi connectivity index (χ3n) is 3.72. The third kappa shape index (κ3) is 2.63. The molecule has 0 saturated carbocycles. The minimum atomic E-state index is 0.742. The lowest BCUT2D eigenvalue weighted by Crippen LogP contribution is -2.05. The van der Waals surface area contributed by atoms with Crippen molar-refractivity contribution in [3.05, 3.63) is 52.7 Å². The third-order valence-corrected chi connectivity index (χ3v) is 4.47. The zero-order chi connectivity index (χ0) is 16.7. The molecule has 4 aromatic rings. The van der Waals surface area contributed by atoms with Gasteiger partial charge in [-0.05, 0) is 38.5 Å². The molecule has 1 aromatic carbocycles. The number of rotatable bonds is 3. The number of nitrogens with zero attached hydrogens (tertiary/aromatic N) is 5. The number of nitrogens with one attached hydrogen (secondary N) is 1. The minimum Gasteiger partial charge on any atom is -0.315 e. The molecule has 0 spiro atoms. The summed E-state index contributed by atoms with van der Waals surface area (Å²) < 4.78 is 1.81. The highest BCUT2D eigenvalue weighted by molar-refractivity contribution is 7.15. The highest BCUT2D eigenvalue weighted by Gasteiger charge is 2.12. The molecule has 3 heterocycles. The smallest absolute Gasteiger partial charge is 0.211 e. The fourth-order valence-corrected chi connectivity index (χ4v) is 3.26. The van der Waals surface area contributed by atoms with Gasteiger partial charge in [-0.3, -0.25) is 0 Å². The molecule has 24 heavy (non-hydrogen) atoms. The van der Waals surface area contributed by atoms with Gasteiger partial charge >= 0.3 is 0 Å². The number of aromatic nitrogens is 5. The maximum absolute atomic E-state index is 4.75. The van der Waals surface area contributed by atoms with E-state index in [0.717, 1.165) is 38.4 Å². The van der Waals surface area contributed by atoms with Gasteiger partial charge < -0.3 is 5.32 Å². The fourth-order valence-electron chi connectivity index (χ4n) is 2.66. The summed E-state index contributed by atoms with van der Waals surface area (Å²) in [5.74, 6) is 1.61. The predicted octanol–water partition coefficient (Wildman–Crippen LogP) is 3.94. The number of anilines is 2. The van der Waals surface area contributed by atoms with Crippen LogP contribution in [-0.4, -0.2) is 25.0 Å². The second-order valence-electron chi connectivity index (χ2n) is 5.65. The van der Waals surface area contributed by atoms with Gasteiger partial charge in [-0.15, -0.1) is 10.2 Å². The van der Waals surface area contributed by atoms with Crippen LogP contribution in [0.3, 0.4) is 0 Å². The molecule has 0 aliphatic carbocycles. The van der Waals surface area contributed by atoms with Crippen molar-refractivity contribution >= 4 is 33.2 Å². The first-order valence-electron chi connectivity index (χ1n) is 7.61. The topological polar surface area (TPSA) is 68.5 Å². The van der Waals surface area contributed by atoms with Crippen molar-refractivity contribution in [2.45, 2.75) is 20.8 Å². The molecule has 0 amide bonds. The van der Waals surface area contributed by atoms with Gasteiger partial charge in [0.05, 0.1) is 11.2 Å². The fraction of sp³-hybridized carbons (Fsp3) is 0.176. The Morgan fingerprint density at radius 3 is 2.67 bits per heavy atom. The summed E-state index contributed by atoms with van der Waals surface area (Å²) in [4.78, 5) is 4.75. The lowest BCUT2D eigenvalue weighted by atomic mass is 10.1. The van der Waals surface area contributed by atoms with Gasteiger partial charge in [0, 0.05) is 11.5 Å². The van der Waals surface area contributed by atoms with Gasteiger partial charge in [-0.1, -0.05) is 29.5 Å². The van der Waals surface area contributed by atoms with E-state index in [1.165, 1.54) is 16.9 Å². The molecule has 0 radical (unpaired) electrons. The number of aryl methyl sites for hydroxylation is 3. The molecule has 0 atom stereocenters. The second kappa shape index (κ2) is 5.68. The lowest BCUT2D eigenvalue weighted by Gasteiger charge is -2.09. The quantitative estimate of drug-likeness (QED) is 0.614. The number of para-hydroxylation sites is 1. The molecular formula is C17H16N6S. The van der Waals surface area contributed by atoms with Crippen molar-refractivity contribution in [1.29, 1.82) is 0 Å². The van der Waals surface area contributed by atoms with E-state index in [0.29, 0.717) is 0 Å². The average Bonchev–Trinajstić information content (AvgIpc) is 3.13. The molecular weight excluding hydrogens is 320 g/mol. The van der Waals surface area contributed by atoms with Gasteiger partial charge in [-0.2, -0.15) is 9.78 Å². The predicted molar refractivity (Wildman–Crippen MR) is 96.3 cm³/mol.